The van der Waals surface area contributed by atoms with E-state index in [9.17, 15) is 10.1 Å². The minimum absolute atomic E-state index is 0.0597. The molecule has 2 aromatic carbocycles. The van der Waals surface area contributed by atoms with Crippen molar-refractivity contribution >= 4 is 18.3 Å². The Labute approximate surface area is 166 Å². The van der Waals surface area contributed by atoms with E-state index in [-0.39, 0.29) is 5.69 Å². The zero-order valence-corrected chi connectivity index (χ0v) is 17.5. The largest absolute Gasteiger partial charge is 0.494 e. The van der Waals surface area contributed by atoms with Crippen molar-refractivity contribution in [2.45, 2.75) is 59.7 Å². The minimum Gasteiger partial charge on any atom is -0.457 e. The third-order valence-corrected chi connectivity index (χ3v) is 5.47. The first-order chi connectivity index (χ1) is 12.9. The first-order valence-electron chi connectivity index (χ1n) is 9.30. The van der Waals surface area contributed by atoms with Gasteiger partial charge in [0.15, 0.2) is 0 Å². The van der Waals surface area contributed by atoms with E-state index >= 15 is 0 Å². The highest BCUT2D eigenvalue weighted by atomic mass is 16.7. The molecule has 1 heterocycles. The molecule has 2 aromatic rings. The van der Waals surface area contributed by atoms with Crippen molar-refractivity contribution in [1.82, 2.24) is 0 Å². The van der Waals surface area contributed by atoms with Gasteiger partial charge in [0.1, 0.15) is 11.5 Å². The third-order valence-electron chi connectivity index (χ3n) is 5.47. The highest BCUT2D eigenvalue weighted by Gasteiger charge is 2.51. The predicted octanol–water partition coefficient (Wildman–Crippen LogP) is 4.61. The Balaban J connectivity index is 1.93. The Kier molecular flexibility index (Phi) is 5.02. The number of nitrogens with zero attached hydrogens (tertiary/aromatic N) is 1. The van der Waals surface area contributed by atoms with Crippen LogP contribution in [-0.2, 0) is 9.31 Å². The maximum Gasteiger partial charge on any atom is 0.494 e. The molecular formula is C21H26BNO5. The molecule has 0 spiro atoms. The van der Waals surface area contributed by atoms with Crippen molar-refractivity contribution in [2.24, 2.45) is 0 Å². The second-order valence-electron chi connectivity index (χ2n) is 8.44. The van der Waals surface area contributed by atoms with Crippen LogP contribution in [0.5, 0.6) is 11.5 Å². The fourth-order valence-electron chi connectivity index (χ4n) is 3.26. The van der Waals surface area contributed by atoms with Crippen LogP contribution in [0.15, 0.2) is 30.3 Å². The lowest BCUT2D eigenvalue weighted by Gasteiger charge is -2.32. The van der Waals surface area contributed by atoms with Crippen molar-refractivity contribution in [3.8, 4) is 11.5 Å². The van der Waals surface area contributed by atoms with Gasteiger partial charge in [-0.15, -0.1) is 0 Å². The van der Waals surface area contributed by atoms with Crippen LogP contribution in [-0.4, -0.2) is 23.2 Å². The normalized spacial score (nSPS) is 17.6. The number of benzene rings is 2. The summed E-state index contributed by atoms with van der Waals surface area (Å²) in [5.74, 6) is 1.26. The summed E-state index contributed by atoms with van der Waals surface area (Å²) in [6, 6.07) is 8.88. The van der Waals surface area contributed by atoms with Gasteiger partial charge in [-0.3, -0.25) is 10.1 Å². The summed E-state index contributed by atoms with van der Waals surface area (Å²) in [5, 5.41) is 11.1. The van der Waals surface area contributed by atoms with Crippen LogP contribution < -0.4 is 10.2 Å². The molecule has 0 bridgehead atoms. The average Bonchev–Trinajstić information content (AvgIpc) is 2.78. The van der Waals surface area contributed by atoms with E-state index in [2.05, 4.69) is 0 Å². The number of rotatable bonds is 4. The van der Waals surface area contributed by atoms with Gasteiger partial charge in [0.05, 0.1) is 16.1 Å². The minimum atomic E-state index is -0.480. The van der Waals surface area contributed by atoms with Gasteiger partial charge in [-0.05, 0) is 82.8 Å². The number of nitro benzene ring substituents is 1. The molecule has 0 saturated carbocycles. The van der Waals surface area contributed by atoms with Gasteiger partial charge in [-0.2, -0.15) is 0 Å². The van der Waals surface area contributed by atoms with Gasteiger partial charge in [0, 0.05) is 12.1 Å². The second kappa shape index (κ2) is 6.90. The van der Waals surface area contributed by atoms with Crippen LogP contribution in [0, 0.1) is 30.9 Å². The van der Waals surface area contributed by atoms with E-state index in [1.165, 1.54) is 12.1 Å². The highest BCUT2D eigenvalue weighted by molar-refractivity contribution is 6.62. The summed E-state index contributed by atoms with van der Waals surface area (Å²) in [6.45, 7) is 13.7. The van der Waals surface area contributed by atoms with Crippen LogP contribution in [0.3, 0.4) is 0 Å². The first kappa shape index (κ1) is 20.4. The van der Waals surface area contributed by atoms with Gasteiger partial charge in [-0.25, -0.2) is 0 Å². The lowest BCUT2D eigenvalue weighted by atomic mass is 9.78. The molecule has 1 fully saturated rings. The molecule has 28 heavy (non-hydrogen) atoms. The lowest BCUT2D eigenvalue weighted by Crippen LogP contribution is -2.41. The molecule has 1 aliphatic heterocycles. The van der Waals surface area contributed by atoms with Crippen molar-refractivity contribution < 1.29 is 19.0 Å². The maximum absolute atomic E-state index is 11.1. The predicted molar refractivity (Wildman–Crippen MR) is 110 cm³/mol. The summed E-state index contributed by atoms with van der Waals surface area (Å²) in [5.41, 5.74) is 2.53. The molecule has 1 aliphatic rings. The number of hydrogen-bond donors (Lipinski definition) is 0. The van der Waals surface area contributed by atoms with E-state index in [4.69, 9.17) is 14.0 Å². The summed E-state index contributed by atoms with van der Waals surface area (Å²) in [7, 11) is -0.480. The molecule has 0 amide bonds. The average molecular weight is 383 g/mol. The molecule has 0 radical (unpaired) electrons. The van der Waals surface area contributed by atoms with Crippen LogP contribution in [0.4, 0.5) is 5.69 Å². The Bertz CT molecular complexity index is 899. The molecule has 0 atom stereocenters. The van der Waals surface area contributed by atoms with Gasteiger partial charge in [0.25, 0.3) is 5.69 Å². The molecular weight excluding hydrogens is 357 g/mol. The van der Waals surface area contributed by atoms with E-state index in [1.54, 1.807) is 13.8 Å². The fourth-order valence-corrected chi connectivity index (χ4v) is 3.26. The smallest absolute Gasteiger partial charge is 0.457 e. The van der Waals surface area contributed by atoms with Crippen LogP contribution >= 0.6 is 0 Å². The van der Waals surface area contributed by atoms with E-state index in [0.29, 0.717) is 22.6 Å². The molecule has 0 N–H and O–H groups in total. The van der Waals surface area contributed by atoms with Crippen LogP contribution in [0.25, 0.3) is 0 Å². The summed E-state index contributed by atoms with van der Waals surface area (Å²) >= 11 is 0. The Hall–Kier alpha value is -2.38. The molecule has 7 heteroatoms. The van der Waals surface area contributed by atoms with E-state index < -0.39 is 23.2 Å². The number of ether oxygens (including phenoxy) is 1. The van der Waals surface area contributed by atoms with Crippen molar-refractivity contribution in [2.75, 3.05) is 0 Å². The summed E-state index contributed by atoms with van der Waals surface area (Å²) in [4.78, 5) is 10.7. The molecule has 6 nitrogen and oxygen atoms in total. The monoisotopic (exact) mass is 383 g/mol. The lowest BCUT2D eigenvalue weighted by molar-refractivity contribution is -0.385. The fraction of sp³-hybridized carbons (Fsp3) is 0.429. The summed E-state index contributed by atoms with van der Waals surface area (Å²) in [6.07, 6.45) is 0. The van der Waals surface area contributed by atoms with E-state index in [1.807, 2.05) is 52.8 Å². The zero-order valence-electron chi connectivity index (χ0n) is 17.5. The highest BCUT2D eigenvalue weighted by Crippen LogP contribution is 2.37. The number of non-ortho nitro benzene ring substituents is 1. The zero-order chi connectivity index (χ0) is 20.9. The van der Waals surface area contributed by atoms with Crippen molar-refractivity contribution in [3.05, 3.63) is 57.1 Å². The third kappa shape index (κ3) is 3.77. The van der Waals surface area contributed by atoms with Crippen LogP contribution in [0.2, 0.25) is 0 Å². The molecule has 0 aliphatic carbocycles. The number of aryl methyl sites for hydroxylation is 3. The van der Waals surface area contributed by atoms with Crippen molar-refractivity contribution in [1.29, 1.82) is 0 Å². The topological polar surface area (TPSA) is 70.8 Å². The van der Waals surface area contributed by atoms with E-state index in [0.717, 1.165) is 11.0 Å². The van der Waals surface area contributed by atoms with Gasteiger partial charge < -0.3 is 14.0 Å². The number of hydrogen-bond acceptors (Lipinski definition) is 5. The number of nitro groups is 1. The standard InChI is InChI=1S/C21H26BNO5/c1-13-8-16(22-27-20(4,5)21(6,7)28-22)12-18(9-13)26-19-14(2)10-17(23(24)25)11-15(19)3/h8-12H,1-7H3. The van der Waals surface area contributed by atoms with Crippen molar-refractivity contribution in [3.63, 3.8) is 0 Å². The molecule has 0 unspecified atom stereocenters. The maximum atomic E-state index is 11.1. The SMILES string of the molecule is Cc1cc(Oc2c(C)cc([N+](=O)[O-])cc2C)cc(B2OC(C)(C)C(C)(C)O2)c1. The summed E-state index contributed by atoms with van der Waals surface area (Å²) < 4.78 is 18.4. The van der Waals surface area contributed by atoms with Gasteiger partial charge in [0.2, 0.25) is 0 Å². The Morgan fingerprint density at radius 3 is 1.96 bits per heavy atom. The van der Waals surface area contributed by atoms with Crippen LogP contribution in [0.1, 0.15) is 44.4 Å². The Morgan fingerprint density at radius 1 is 0.929 bits per heavy atom. The second-order valence-corrected chi connectivity index (χ2v) is 8.44. The quantitative estimate of drug-likeness (QED) is 0.438. The molecule has 148 valence electrons. The first-order valence-corrected chi connectivity index (χ1v) is 9.30. The molecule has 3 rings (SSSR count). The molecule has 1 saturated heterocycles. The molecule has 0 aromatic heterocycles. The van der Waals surface area contributed by atoms with Gasteiger partial charge in [-0.1, -0.05) is 6.07 Å². The Morgan fingerprint density at radius 2 is 1.46 bits per heavy atom. The van der Waals surface area contributed by atoms with Gasteiger partial charge >= 0.3 is 7.12 Å².